The van der Waals surface area contributed by atoms with Gasteiger partial charge in [0.1, 0.15) is 24.8 Å². The van der Waals surface area contributed by atoms with Crippen molar-refractivity contribution in [2.45, 2.75) is 13.2 Å². The molecular formula is C22H18F2N2O2. The Hall–Kier alpha value is -3.54. The van der Waals surface area contributed by atoms with Crippen molar-refractivity contribution >= 4 is 12.4 Å². The Bertz CT molecular complexity index is 878. The van der Waals surface area contributed by atoms with Crippen molar-refractivity contribution in [1.82, 2.24) is 0 Å². The molecule has 0 heterocycles. The molecule has 0 bridgehead atoms. The first-order chi connectivity index (χ1) is 13.7. The average Bonchev–Trinajstić information content (AvgIpc) is 2.72. The molecule has 0 saturated heterocycles. The van der Waals surface area contributed by atoms with Crippen LogP contribution in [0.1, 0.15) is 22.3 Å². The van der Waals surface area contributed by atoms with Crippen molar-refractivity contribution in [3.05, 3.63) is 107 Å². The number of nitrogens with zero attached hydrogens (tertiary/aromatic N) is 2. The van der Waals surface area contributed by atoms with E-state index in [0.717, 1.165) is 11.1 Å². The van der Waals surface area contributed by atoms with E-state index in [2.05, 4.69) is 10.3 Å². The standard InChI is InChI=1S/C22H18F2N2O2/c23-21-7-3-1-5-19(21)13-25-27-15-17-9-11-18(12-10-17)16-28-26-14-20-6-2-4-8-22(20)24/h1-14H,15-16H2/b25-13+,26-14+. The van der Waals surface area contributed by atoms with Crippen LogP contribution < -0.4 is 0 Å². The van der Waals surface area contributed by atoms with Crippen LogP contribution in [0.2, 0.25) is 0 Å². The molecule has 0 unspecified atom stereocenters. The third-order valence-corrected chi connectivity index (χ3v) is 3.83. The summed E-state index contributed by atoms with van der Waals surface area (Å²) in [6.45, 7) is 0.523. The zero-order valence-electron chi connectivity index (χ0n) is 15.0. The molecule has 3 rings (SSSR count). The van der Waals surface area contributed by atoms with Gasteiger partial charge in [0.15, 0.2) is 0 Å². The summed E-state index contributed by atoms with van der Waals surface area (Å²) in [4.78, 5) is 10.4. The number of hydrogen-bond acceptors (Lipinski definition) is 4. The van der Waals surface area contributed by atoms with Crippen LogP contribution in [0, 0.1) is 11.6 Å². The molecule has 0 fully saturated rings. The molecule has 0 aliphatic carbocycles. The van der Waals surface area contributed by atoms with Gasteiger partial charge < -0.3 is 9.68 Å². The normalized spacial score (nSPS) is 11.2. The van der Waals surface area contributed by atoms with E-state index < -0.39 is 0 Å². The Balaban J connectivity index is 1.43. The van der Waals surface area contributed by atoms with Gasteiger partial charge in [-0.25, -0.2) is 8.78 Å². The minimum absolute atomic E-state index is 0.261. The van der Waals surface area contributed by atoms with Crippen molar-refractivity contribution in [2.75, 3.05) is 0 Å². The summed E-state index contributed by atoms with van der Waals surface area (Å²) in [5.41, 5.74) is 2.55. The third kappa shape index (κ3) is 5.74. The van der Waals surface area contributed by atoms with Gasteiger partial charge in [0.25, 0.3) is 0 Å². The summed E-state index contributed by atoms with van der Waals surface area (Å²) in [6.07, 6.45) is 2.68. The SMILES string of the molecule is Fc1ccccc1/C=N/OCc1ccc(CO/N=C/c2ccccc2F)cc1. The highest BCUT2D eigenvalue weighted by atomic mass is 19.1. The summed E-state index contributed by atoms with van der Waals surface area (Å²) in [7, 11) is 0. The van der Waals surface area contributed by atoms with Crippen LogP contribution in [0.15, 0.2) is 83.1 Å². The van der Waals surface area contributed by atoms with Crippen molar-refractivity contribution in [3.8, 4) is 0 Å². The summed E-state index contributed by atoms with van der Waals surface area (Å²) < 4.78 is 26.9. The quantitative estimate of drug-likeness (QED) is 0.405. The summed E-state index contributed by atoms with van der Waals surface area (Å²) in [5.74, 6) is -0.700. The number of hydrogen-bond donors (Lipinski definition) is 0. The van der Waals surface area contributed by atoms with Crippen molar-refractivity contribution in [3.63, 3.8) is 0 Å². The van der Waals surface area contributed by atoms with Gasteiger partial charge in [-0.05, 0) is 23.3 Å². The van der Waals surface area contributed by atoms with Gasteiger partial charge in [0.2, 0.25) is 0 Å². The monoisotopic (exact) mass is 380 g/mol. The van der Waals surface area contributed by atoms with E-state index in [-0.39, 0.29) is 24.8 Å². The van der Waals surface area contributed by atoms with Crippen molar-refractivity contribution in [1.29, 1.82) is 0 Å². The molecule has 6 heteroatoms. The topological polar surface area (TPSA) is 43.2 Å². The molecular weight excluding hydrogens is 362 g/mol. The minimum Gasteiger partial charge on any atom is -0.391 e. The zero-order valence-corrected chi connectivity index (χ0v) is 15.0. The summed E-state index contributed by atoms with van der Waals surface area (Å²) in [6, 6.07) is 20.1. The summed E-state index contributed by atoms with van der Waals surface area (Å²) >= 11 is 0. The predicted octanol–water partition coefficient (Wildman–Crippen LogP) is 5.07. The third-order valence-electron chi connectivity index (χ3n) is 3.83. The Labute approximate surface area is 161 Å². The first kappa shape index (κ1) is 19.2. The number of oxime groups is 2. The van der Waals surface area contributed by atoms with Crippen LogP contribution in [0.4, 0.5) is 8.78 Å². The van der Waals surface area contributed by atoms with Gasteiger partial charge in [-0.3, -0.25) is 0 Å². The molecule has 142 valence electrons. The average molecular weight is 380 g/mol. The lowest BCUT2D eigenvalue weighted by molar-refractivity contribution is 0.130. The second kappa shape index (κ2) is 9.97. The van der Waals surface area contributed by atoms with E-state index in [1.54, 1.807) is 36.4 Å². The largest absolute Gasteiger partial charge is 0.391 e. The van der Waals surface area contributed by atoms with Crippen LogP contribution in [0.25, 0.3) is 0 Å². The summed E-state index contributed by atoms with van der Waals surface area (Å²) in [5, 5.41) is 7.55. The number of rotatable bonds is 8. The number of benzene rings is 3. The van der Waals surface area contributed by atoms with Gasteiger partial charge in [0.05, 0.1) is 12.4 Å². The Morgan fingerprint density at radius 2 is 1.00 bits per heavy atom. The molecule has 28 heavy (non-hydrogen) atoms. The number of halogens is 2. The van der Waals surface area contributed by atoms with E-state index in [9.17, 15) is 8.78 Å². The van der Waals surface area contributed by atoms with Gasteiger partial charge in [-0.1, -0.05) is 71.0 Å². The zero-order chi connectivity index (χ0) is 19.6. The highest BCUT2D eigenvalue weighted by molar-refractivity contribution is 5.79. The van der Waals surface area contributed by atoms with E-state index in [1.807, 2.05) is 24.3 Å². The van der Waals surface area contributed by atoms with Crippen LogP contribution in [0.5, 0.6) is 0 Å². The fraction of sp³-hybridized carbons (Fsp3) is 0.0909. The lowest BCUT2D eigenvalue weighted by Gasteiger charge is -2.03. The molecule has 0 amide bonds. The molecule has 0 aliphatic heterocycles. The Morgan fingerprint density at radius 3 is 1.39 bits per heavy atom. The van der Waals surface area contributed by atoms with E-state index in [0.29, 0.717) is 11.1 Å². The van der Waals surface area contributed by atoms with E-state index in [1.165, 1.54) is 24.6 Å². The lowest BCUT2D eigenvalue weighted by Crippen LogP contribution is -1.93. The van der Waals surface area contributed by atoms with Gasteiger partial charge >= 0.3 is 0 Å². The van der Waals surface area contributed by atoms with Crippen LogP contribution in [-0.4, -0.2) is 12.4 Å². The highest BCUT2D eigenvalue weighted by Gasteiger charge is 1.99. The smallest absolute Gasteiger partial charge is 0.142 e. The van der Waals surface area contributed by atoms with Gasteiger partial charge in [0, 0.05) is 11.1 Å². The Morgan fingerprint density at radius 1 is 0.607 bits per heavy atom. The fourth-order valence-corrected chi connectivity index (χ4v) is 2.30. The molecule has 0 N–H and O–H groups in total. The van der Waals surface area contributed by atoms with Gasteiger partial charge in [-0.15, -0.1) is 0 Å². The second-order valence-corrected chi connectivity index (χ2v) is 5.88. The molecule has 0 saturated carbocycles. The van der Waals surface area contributed by atoms with Crippen LogP contribution in [0.3, 0.4) is 0 Å². The molecule has 0 radical (unpaired) electrons. The lowest BCUT2D eigenvalue weighted by atomic mass is 10.1. The molecule has 3 aromatic rings. The maximum absolute atomic E-state index is 13.4. The maximum atomic E-state index is 13.4. The van der Waals surface area contributed by atoms with Crippen LogP contribution >= 0.6 is 0 Å². The molecule has 3 aromatic carbocycles. The molecule has 0 aliphatic rings. The first-order valence-electron chi connectivity index (χ1n) is 8.60. The predicted molar refractivity (Wildman–Crippen MR) is 104 cm³/mol. The minimum atomic E-state index is -0.350. The molecule has 4 nitrogen and oxygen atoms in total. The van der Waals surface area contributed by atoms with Crippen molar-refractivity contribution in [2.24, 2.45) is 10.3 Å². The fourth-order valence-electron chi connectivity index (χ4n) is 2.30. The molecule has 0 atom stereocenters. The molecule has 0 aromatic heterocycles. The van der Waals surface area contributed by atoms with E-state index >= 15 is 0 Å². The second-order valence-electron chi connectivity index (χ2n) is 5.88. The van der Waals surface area contributed by atoms with Crippen molar-refractivity contribution < 1.29 is 18.5 Å². The Kier molecular flexibility index (Phi) is 6.84. The van der Waals surface area contributed by atoms with E-state index in [4.69, 9.17) is 9.68 Å². The highest BCUT2D eigenvalue weighted by Crippen LogP contribution is 2.09. The van der Waals surface area contributed by atoms with Gasteiger partial charge in [-0.2, -0.15) is 0 Å². The van der Waals surface area contributed by atoms with Crippen LogP contribution in [-0.2, 0) is 22.9 Å². The maximum Gasteiger partial charge on any atom is 0.142 e. The molecule has 0 spiro atoms. The first-order valence-corrected chi connectivity index (χ1v) is 8.60.